The van der Waals surface area contributed by atoms with E-state index < -0.39 is 0 Å². The Morgan fingerprint density at radius 2 is 2.06 bits per heavy atom. The molecule has 0 saturated carbocycles. The predicted molar refractivity (Wildman–Crippen MR) is 63.1 cm³/mol. The van der Waals surface area contributed by atoms with Crippen molar-refractivity contribution in [3.05, 3.63) is 29.8 Å². The summed E-state index contributed by atoms with van der Waals surface area (Å²) in [5.41, 5.74) is 6.56. The minimum Gasteiger partial charge on any atom is -0.497 e. The topological polar surface area (TPSA) is 64.3 Å². The Bertz CT molecular complexity index is 333. The van der Waals surface area contributed by atoms with Crippen molar-refractivity contribution in [1.82, 2.24) is 5.32 Å². The van der Waals surface area contributed by atoms with Gasteiger partial charge >= 0.3 is 0 Å². The van der Waals surface area contributed by atoms with Crippen molar-refractivity contribution in [3.63, 3.8) is 0 Å². The number of nitrogens with one attached hydrogen (secondary N) is 1. The Balaban J connectivity index is 2.39. The second kappa shape index (κ2) is 6.12. The minimum absolute atomic E-state index is 0.0224. The zero-order valence-corrected chi connectivity index (χ0v) is 9.69. The van der Waals surface area contributed by atoms with Crippen LogP contribution in [0.3, 0.4) is 0 Å². The molecule has 0 radical (unpaired) electrons. The number of carbonyl (C=O) groups is 1. The van der Waals surface area contributed by atoms with E-state index in [9.17, 15) is 4.79 Å². The van der Waals surface area contributed by atoms with Crippen molar-refractivity contribution in [2.75, 3.05) is 7.11 Å². The number of hydrogen-bond acceptors (Lipinski definition) is 3. The average Bonchev–Trinajstić information content (AvgIpc) is 2.26. The summed E-state index contributed by atoms with van der Waals surface area (Å²) in [5, 5.41) is 2.81. The number of methoxy groups -OCH3 is 1. The molecule has 0 fully saturated rings. The third kappa shape index (κ3) is 4.31. The van der Waals surface area contributed by atoms with E-state index >= 15 is 0 Å². The molecule has 0 saturated heterocycles. The lowest BCUT2D eigenvalue weighted by molar-refractivity contribution is -0.121. The van der Waals surface area contributed by atoms with E-state index in [0.717, 1.165) is 11.3 Å². The molecule has 0 aliphatic carbocycles. The molecular weight excluding hydrogens is 204 g/mol. The van der Waals surface area contributed by atoms with Gasteiger partial charge in [-0.25, -0.2) is 0 Å². The van der Waals surface area contributed by atoms with Gasteiger partial charge in [0.1, 0.15) is 5.75 Å². The minimum atomic E-state index is -0.101. The molecule has 1 unspecified atom stereocenters. The Labute approximate surface area is 95.8 Å². The molecular formula is C12H18N2O2. The largest absolute Gasteiger partial charge is 0.497 e. The van der Waals surface area contributed by atoms with Gasteiger partial charge in [-0.2, -0.15) is 0 Å². The van der Waals surface area contributed by atoms with Crippen LogP contribution >= 0.6 is 0 Å². The van der Waals surface area contributed by atoms with E-state index in [1.807, 2.05) is 31.2 Å². The SMILES string of the molecule is COc1ccc(CNC(=O)CC(C)N)cc1. The van der Waals surface area contributed by atoms with Crippen LogP contribution in [0.1, 0.15) is 18.9 Å². The first-order valence-electron chi connectivity index (χ1n) is 5.27. The van der Waals surface area contributed by atoms with E-state index in [2.05, 4.69) is 5.32 Å². The molecule has 0 heterocycles. The maximum atomic E-state index is 11.3. The van der Waals surface area contributed by atoms with Gasteiger partial charge in [0, 0.05) is 19.0 Å². The maximum absolute atomic E-state index is 11.3. The van der Waals surface area contributed by atoms with E-state index in [0.29, 0.717) is 13.0 Å². The highest BCUT2D eigenvalue weighted by Gasteiger charge is 2.04. The molecule has 88 valence electrons. The summed E-state index contributed by atoms with van der Waals surface area (Å²) in [7, 11) is 1.62. The van der Waals surface area contributed by atoms with Crippen LogP contribution in [0.5, 0.6) is 5.75 Å². The van der Waals surface area contributed by atoms with Gasteiger partial charge in [0.05, 0.1) is 7.11 Å². The fraction of sp³-hybridized carbons (Fsp3) is 0.417. The Morgan fingerprint density at radius 1 is 1.44 bits per heavy atom. The number of hydrogen-bond donors (Lipinski definition) is 2. The molecule has 1 amide bonds. The summed E-state index contributed by atoms with van der Waals surface area (Å²) < 4.78 is 5.04. The highest BCUT2D eigenvalue weighted by Crippen LogP contribution is 2.10. The molecule has 0 aliphatic rings. The van der Waals surface area contributed by atoms with Crippen molar-refractivity contribution in [2.45, 2.75) is 25.9 Å². The molecule has 16 heavy (non-hydrogen) atoms. The van der Waals surface area contributed by atoms with Crippen molar-refractivity contribution >= 4 is 5.91 Å². The summed E-state index contributed by atoms with van der Waals surface area (Å²) in [6.07, 6.45) is 0.357. The third-order valence-electron chi connectivity index (χ3n) is 2.16. The molecule has 1 rings (SSSR count). The van der Waals surface area contributed by atoms with E-state index in [-0.39, 0.29) is 11.9 Å². The molecule has 4 heteroatoms. The predicted octanol–water partition coefficient (Wildman–Crippen LogP) is 1.05. The summed E-state index contributed by atoms with van der Waals surface area (Å²) in [4.78, 5) is 11.3. The summed E-state index contributed by atoms with van der Waals surface area (Å²) in [6, 6.07) is 7.48. The number of benzene rings is 1. The van der Waals surface area contributed by atoms with Crippen LogP contribution in [0.4, 0.5) is 0 Å². The molecule has 1 aromatic carbocycles. The fourth-order valence-corrected chi connectivity index (χ4v) is 1.31. The van der Waals surface area contributed by atoms with Gasteiger partial charge in [-0.1, -0.05) is 12.1 Å². The molecule has 3 N–H and O–H groups in total. The second-order valence-electron chi connectivity index (χ2n) is 3.81. The Kier molecular flexibility index (Phi) is 4.79. The molecule has 1 aromatic rings. The lowest BCUT2D eigenvalue weighted by Crippen LogP contribution is -2.29. The first kappa shape index (κ1) is 12.5. The molecule has 4 nitrogen and oxygen atoms in total. The molecule has 0 bridgehead atoms. The van der Waals surface area contributed by atoms with Crippen LogP contribution in [0.25, 0.3) is 0 Å². The molecule has 1 atom stereocenters. The highest BCUT2D eigenvalue weighted by atomic mass is 16.5. The van der Waals surface area contributed by atoms with E-state index in [4.69, 9.17) is 10.5 Å². The number of nitrogens with two attached hydrogens (primary N) is 1. The summed E-state index contributed by atoms with van der Waals surface area (Å²) in [6.45, 7) is 2.34. The average molecular weight is 222 g/mol. The van der Waals surface area contributed by atoms with Gasteiger partial charge in [-0.05, 0) is 24.6 Å². The van der Waals surface area contributed by atoms with Gasteiger partial charge in [-0.15, -0.1) is 0 Å². The van der Waals surface area contributed by atoms with Gasteiger partial charge in [0.2, 0.25) is 5.91 Å². The fourth-order valence-electron chi connectivity index (χ4n) is 1.31. The van der Waals surface area contributed by atoms with Crippen LogP contribution in [0.15, 0.2) is 24.3 Å². The lowest BCUT2D eigenvalue weighted by atomic mass is 10.2. The van der Waals surface area contributed by atoms with E-state index in [1.54, 1.807) is 7.11 Å². The van der Waals surface area contributed by atoms with Crippen LogP contribution in [-0.2, 0) is 11.3 Å². The van der Waals surface area contributed by atoms with Gasteiger partial charge in [0.25, 0.3) is 0 Å². The zero-order chi connectivity index (χ0) is 12.0. The quantitative estimate of drug-likeness (QED) is 0.782. The summed E-state index contributed by atoms with van der Waals surface area (Å²) >= 11 is 0. The third-order valence-corrected chi connectivity index (χ3v) is 2.16. The standard InChI is InChI=1S/C12H18N2O2/c1-9(13)7-12(15)14-8-10-3-5-11(16-2)6-4-10/h3-6,9H,7-8,13H2,1-2H3,(H,14,15). The normalized spacial score (nSPS) is 11.9. The first-order chi connectivity index (χ1) is 7.61. The smallest absolute Gasteiger partial charge is 0.221 e. The van der Waals surface area contributed by atoms with Crippen LogP contribution < -0.4 is 15.8 Å². The highest BCUT2D eigenvalue weighted by molar-refractivity contribution is 5.76. The van der Waals surface area contributed by atoms with Crippen LogP contribution in [0, 0.1) is 0 Å². The molecule has 0 aliphatic heterocycles. The Hall–Kier alpha value is -1.55. The number of ether oxygens (including phenoxy) is 1. The molecule has 0 aromatic heterocycles. The zero-order valence-electron chi connectivity index (χ0n) is 9.69. The molecule has 0 spiro atoms. The van der Waals surface area contributed by atoms with E-state index in [1.165, 1.54) is 0 Å². The summed E-state index contributed by atoms with van der Waals surface area (Å²) in [5.74, 6) is 0.788. The number of amides is 1. The van der Waals surface area contributed by atoms with Crippen molar-refractivity contribution < 1.29 is 9.53 Å². The Morgan fingerprint density at radius 3 is 2.56 bits per heavy atom. The lowest BCUT2D eigenvalue weighted by Gasteiger charge is -2.07. The second-order valence-corrected chi connectivity index (χ2v) is 3.81. The van der Waals surface area contributed by atoms with Crippen molar-refractivity contribution in [1.29, 1.82) is 0 Å². The monoisotopic (exact) mass is 222 g/mol. The van der Waals surface area contributed by atoms with Gasteiger partial charge in [-0.3, -0.25) is 4.79 Å². The maximum Gasteiger partial charge on any atom is 0.221 e. The first-order valence-corrected chi connectivity index (χ1v) is 5.27. The van der Waals surface area contributed by atoms with Gasteiger partial charge < -0.3 is 15.8 Å². The van der Waals surface area contributed by atoms with Crippen LogP contribution in [0.2, 0.25) is 0 Å². The number of carbonyl (C=O) groups excluding carboxylic acids is 1. The van der Waals surface area contributed by atoms with Crippen molar-refractivity contribution in [2.24, 2.45) is 5.73 Å². The number of rotatable bonds is 5. The van der Waals surface area contributed by atoms with Gasteiger partial charge in [0.15, 0.2) is 0 Å². The van der Waals surface area contributed by atoms with Crippen molar-refractivity contribution in [3.8, 4) is 5.75 Å². The van der Waals surface area contributed by atoms with Crippen LogP contribution in [-0.4, -0.2) is 19.1 Å².